The lowest BCUT2D eigenvalue weighted by Gasteiger charge is -2.19. The first kappa shape index (κ1) is 16.8. The van der Waals surface area contributed by atoms with Gasteiger partial charge in [-0.15, -0.1) is 11.8 Å². The van der Waals surface area contributed by atoms with Crippen molar-refractivity contribution in [3.8, 4) is 0 Å². The van der Waals surface area contributed by atoms with Crippen molar-refractivity contribution in [1.82, 2.24) is 5.32 Å². The molecule has 1 aliphatic carbocycles. The highest BCUT2D eigenvalue weighted by atomic mass is 32.2. The van der Waals surface area contributed by atoms with E-state index >= 15 is 0 Å². The van der Waals surface area contributed by atoms with Crippen LogP contribution in [0.3, 0.4) is 0 Å². The Hall–Kier alpha value is -1.30. The lowest BCUT2D eigenvalue weighted by molar-refractivity contribution is -0.125. The minimum atomic E-state index is -0.606. The summed E-state index contributed by atoms with van der Waals surface area (Å²) in [4.78, 5) is 27.9. The van der Waals surface area contributed by atoms with Crippen molar-refractivity contribution < 1.29 is 9.59 Å². The van der Waals surface area contributed by atoms with Gasteiger partial charge in [-0.05, 0) is 32.2 Å². The van der Waals surface area contributed by atoms with Crippen LogP contribution >= 0.6 is 11.8 Å². The van der Waals surface area contributed by atoms with Crippen LogP contribution < -0.4 is 11.1 Å². The third-order valence-electron chi connectivity index (χ3n) is 3.67. The van der Waals surface area contributed by atoms with Crippen molar-refractivity contribution in [1.29, 1.82) is 0 Å². The summed E-state index contributed by atoms with van der Waals surface area (Å²) < 4.78 is 0. The molecule has 6 heteroatoms. The molecule has 0 aromatic carbocycles. The highest BCUT2D eigenvalue weighted by Crippen LogP contribution is 2.28. The van der Waals surface area contributed by atoms with Gasteiger partial charge in [0.15, 0.2) is 0 Å². The Kier molecular flexibility index (Phi) is 6.78. The molecule has 20 heavy (non-hydrogen) atoms. The maximum atomic E-state index is 12.2. The number of amides is 2. The Morgan fingerprint density at radius 3 is 2.50 bits per heavy atom. The van der Waals surface area contributed by atoms with Crippen LogP contribution in [0, 0.1) is 5.92 Å². The van der Waals surface area contributed by atoms with Crippen LogP contribution in [0.25, 0.3) is 0 Å². The number of primary amides is 1. The summed E-state index contributed by atoms with van der Waals surface area (Å²) in [5.74, 6) is -0.299. The van der Waals surface area contributed by atoms with E-state index in [4.69, 9.17) is 5.73 Å². The number of allylic oxidation sites excluding steroid dienone is 1. The van der Waals surface area contributed by atoms with Crippen molar-refractivity contribution in [3.05, 3.63) is 10.6 Å². The summed E-state index contributed by atoms with van der Waals surface area (Å²) in [7, 11) is 0. The van der Waals surface area contributed by atoms with E-state index in [-0.39, 0.29) is 5.91 Å². The highest BCUT2D eigenvalue weighted by molar-refractivity contribution is 8.03. The zero-order chi connectivity index (χ0) is 15.1. The van der Waals surface area contributed by atoms with Crippen molar-refractivity contribution in [2.24, 2.45) is 16.6 Å². The van der Waals surface area contributed by atoms with Gasteiger partial charge in [-0.25, -0.2) is 0 Å². The lowest BCUT2D eigenvalue weighted by atomic mass is 9.98. The summed E-state index contributed by atoms with van der Waals surface area (Å²) in [5.41, 5.74) is 5.96. The van der Waals surface area contributed by atoms with Crippen LogP contribution in [0.1, 0.15) is 39.0 Å². The molecule has 5 nitrogen and oxygen atoms in total. The van der Waals surface area contributed by atoms with Crippen LogP contribution in [-0.4, -0.2) is 30.8 Å². The Balaban J connectivity index is 2.71. The quantitative estimate of drug-likeness (QED) is 0.555. The van der Waals surface area contributed by atoms with E-state index in [0.29, 0.717) is 22.9 Å². The number of nitrogens with zero attached hydrogens (tertiary/aromatic N) is 1. The molecule has 1 aliphatic rings. The summed E-state index contributed by atoms with van der Waals surface area (Å²) in [6.07, 6.45) is 7.03. The molecule has 0 aliphatic heterocycles. The summed E-state index contributed by atoms with van der Waals surface area (Å²) in [5, 5.41) is 2.73. The third-order valence-corrected chi connectivity index (χ3v) is 4.56. The molecule has 2 amide bonds. The largest absolute Gasteiger partial charge is 0.368 e. The number of nitrogens with one attached hydrogen (secondary N) is 1. The van der Waals surface area contributed by atoms with Gasteiger partial charge in [0.25, 0.3) is 5.91 Å². The third kappa shape index (κ3) is 4.67. The predicted molar refractivity (Wildman–Crippen MR) is 83.5 cm³/mol. The van der Waals surface area contributed by atoms with E-state index in [2.05, 4.69) is 17.0 Å². The van der Waals surface area contributed by atoms with E-state index in [9.17, 15) is 9.59 Å². The zero-order valence-corrected chi connectivity index (χ0v) is 13.0. The van der Waals surface area contributed by atoms with Gasteiger partial charge < -0.3 is 11.1 Å². The van der Waals surface area contributed by atoms with E-state index in [1.54, 1.807) is 13.2 Å². The minimum absolute atomic E-state index is 0.302. The monoisotopic (exact) mass is 297 g/mol. The smallest absolute Gasteiger partial charge is 0.260 e. The molecule has 3 N–H and O–H groups in total. The molecule has 0 radical (unpaired) electrons. The Morgan fingerprint density at radius 1 is 1.45 bits per heavy atom. The molecule has 0 spiro atoms. The van der Waals surface area contributed by atoms with Crippen molar-refractivity contribution in [2.75, 3.05) is 6.26 Å². The minimum Gasteiger partial charge on any atom is -0.368 e. The maximum Gasteiger partial charge on any atom is 0.260 e. The number of nitrogens with two attached hydrogens (primary N) is 1. The Morgan fingerprint density at radius 2 is 2.05 bits per heavy atom. The summed E-state index contributed by atoms with van der Waals surface area (Å²) in [6.45, 7) is 5.13. The average molecular weight is 297 g/mol. The number of carbonyl (C=O) groups excluding carboxylic acids is 2. The summed E-state index contributed by atoms with van der Waals surface area (Å²) >= 11 is 1.29. The van der Waals surface area contributed by atoms with Gasteiger partial charge in [-0.1, -0.05) is 25.7 Å². The van der Waals surface area contributed by atoms with Gasteiger partial charge >= 0.3 is 0 Å². The fourth-order valence-electron chi connectivity index (χ4n) is 2.53. The first-order chi connectivity index (χ1) is 9.49. The molecule has 112 valence electrons. The lowest BCUT2D eigenvalue weighted by Crippen LogP contribution is -2.45. The molecular weight excluding hydrogens is 274 g/mol. The standard InChI is InChI=1S/C14H23N3O2S/c1-9(16-2)12(20-3)14(19)17-11(13(15)18)8-10-6-4-5-7-10/h10-11H,2,4-8H2,1,3H3,(H2,15,18)(H,17,19)/b12-9-. The fraction of sp³-hybridized carbons (Fsp3) is 0.643. The number of thioether (sulfide) groups is 1. The molecule has 0 aromatic rings. The normalized spacial score (nSPS) is 18.3. The van der Waals surface area contributed by atoms with Gasteiger partial charge in [0.05, 0.1) is 10.6 Å². The van der Waals surface area contributed by atoms with Gasteiger partial charge in [0, 0.05) is 0 Å². The van der Waals surface area contributed by atoms with Crippen LogP contribution in [0.5, 0.6) is 0 Å². The molecule has 1 fully saturated rings. The SMILES string of the molecule is C=N/C(C)=C(\SC)C(=O)NC(CC1CCCC1)C(N)=O. The number of carbonyl (C=O) groups is 2. The molecule has 0 saturated heterocycles. The highest BCUT2D eigenvalue weighted by Gasteiger charge is 2.26. The van der Waals surface area contributed by atoms with Gasteiger partial charge in [-0.2, -0.15) is 0 Å². The fourth-order valence-corrected chi connectivity index (χ4v) is 3.13. The van der Waals surface area contributed by atoms with Crippen LogP contribution in [0.2, 0.25) is 0 Å². The van der Waals surface area contributed by atoms with Gasteiger partial charge in [0.2, 0.25) is 5.91 Å². The second kappa shape index (κ2) is 8.09. The van der Waals surface area contributed by atoms with E-state index < -0.39 is 11.9 Å². The second-order valence-corrected chi connectivity index (χ2v) is 5.91. The molecule has 0 heterocycles. The Labute approximate surface area is 124 Å². The maximum absolute atomic E-state index is 12.2. The number of rotatable bonds is 7. The molecular formula is C14H23N3O2S. The van der Waals surface area contributed by atoms with Crippen LogP contribution in [0.4, 0.5) is 0 Å². The topological polar surface area (TPSA) is 84.6 Å². The molecule has 1 saturated carbocycles. The first-order valence-electron chi connectivity index (χ1n) is 6.81. The van der Waals surface area contributed by atoms with Crippen LogP contribution in [-0.2, 0) is 9.59 Å². The van der Waals surface area contributed by atoms with E-state index in [1.165, 1.54) is 24.6 Å². The van der Waals surface area contributed by atoms with E-state index in [1.807, 2.05) is 0 Å². The Bertz CT molecular complexity index is 415. The molecule has 1 rings (SSSR count). The molecule has 1 unspecified atom stereocenters. The van der Waals surface area contributed by atoms with Crippen molar-refractivity contribution in [3.63, 3.8) is 0 Å². The van der Waals surface area contributed by atoms with Gasteiger partial charge in [-0.3, -0.25) is 14.6 Å². The van der Waals surface area contributed by atoms with E-state index in [0.717, 1.165) is 12.8 Å². The molecule has 1 atom stereocenters. The van der Waals surface area contributed by atoms with Crippen molar-refractivity contribution in [2.45, 2.75) is 45.1 Å². The summed E-state index contributed by atoms with van der Waals surface area (Å²) in [6, 6.07) is -0.606. The average Bonchev–Trinajstić information content (AvgIpc) is 2.91. The molecule has 0 bridgehead atoms. The van der Waals surface area contributed by atoms with Gasteiger partial charge in [0.1, 0.15) is 6.04 Å². The first-order valence-corrected chi connectivity index (χ1v) is 8.03. The number of hydrogen-bond acceptors (Lipinski definition) is 4. The van der Waals surface area contributed by atoms with Crippen molar-refractivity contribution >= 4 is 30.3 Å². The number of aliphatic imine (C=N–C) groups is 1. The zero-order valence-electron chi connectivity index (χ0n) is 12.1. The predicted octanol–water partition coefficient (Wildman–Crippen LogP) is 1.83. The number of hydrogen-bond donors (Lipinski definition) is 2. The molecule has 0 aromatic heterocycles. The second-order valence-electron chi connectivity index (χ2n) is 5.09. The van der Waals surface area contributed by atoms with Crippen LogP contribution in [0.15, 0.2) is 15.6 Å².